The third kappa shape index (κ3) is 2.62. The van der Waals surface area contributed by atoms with E-state index in [1.165, 1.54) is 6.33 Å². The monoisotopic (exact) mass is 254 g/mol. The van der Waals surface area contributed by atoms with Crippen molar-refractivity contribution in [1.29, 1.82) is 0 Å². The van der Waals surface area contributed by atoms with Crippen molar-refractivity contribution in [2.75, 3.05) is 0 Å². The van der Waals surface area contributed by atoms with Crippen LogP contribution in [0.15, 0.2) is 48.9 Å². The van der Waals surface area contributed by atoms with Crippen LogP contribution in [0.2, 0.25) is 0 Å². The zero-order chi connectivity index (χ0) is 11.4. The Labute approximate surface area is 103 Å². The Hall–Kier alpha value is -1.32. The van der Waals surface area contributed by atoms with Gasteiger partial charge in [0.1, 0.15) is 6.33 Å². The normalized spacial score (nSPS) is 11.1. The van der Waals surface area contributed by atoms with E-state index in [-0.39, 0.29) is 0 Å². The Bertz CT molecular complexity index is 448. The Morgan fingerprint density at radius 3 is 2.44 bits per heavy atom. The number of benzene rings is 1. The van der Waals surface area contributed by atoms with Crippen LogP contribution in [0.3, 0.4) is 0 Å². The Morgan fingerprint density at radius 2 is 1.81 bits per heavy atom. The summed E-state index contributed by atoms with van der Waals surface area (Å²) >= 11 is 12.2. The van der Waals surface area contributed by atoms with Crippen molar-refractivity contribution in [1.82, 2.24) is 9.97 Å². The molecule has 1 heterocycles. The molecule has 2 aromatic rings. The summed E-state index contributed by atoms with van der Waals surface area (Å²) in [5, 5.41) is 0. The first-order valence-corrected chi connectivity index (χ1v) is 5.32. The van der Waals surface area contributed by atoms with Crippen LogP contribution in [-0.2, 0) is 4.52 Å². The predicted molar refractivity (Wildman–Crippen MR) is 62.5 cm³/mol. The molecule has 0 fully saturated rings. The van der Waals surface area contributed by atoms with Gasteiger partial charge in [-0.25, -0.2) is 9.97 Å². The predicted octanol–water partition coefficient (Wildman–Crippen LogP) is 3.14. The summed E-state index contributed by atoms with van der Waals surface area (Å²) in [4.78, 5) is 7.66. The van der Waals surface area contributed by atoms with Crippen molar-refractivity contribution in [2.24, 2.45) is 0 Å². The number of rotatable bonds is 3. The van der Waals surface area contributed by atoms with E-state index in [0.29, 0.717) is 11.4 Å². The SMILES string of the molecule is ClC(Cl)(Oc1ccncn1)c1ccccc1. The van der Waals surface area contributed by atoms with Crippen LogP contribution >= 0.6 is 23.2 Å². The average molecular weight is 255 g/mol. The maximum Gasteiger partial charge on any atom is 0.286 e. The van der Waals surface area contributed by atoms with Crippen LogP contribution < -0.4 is 4.74 Å². The van der Waals surface area contributed by atoms with Crippen molar-refractivity contribution >= 4 is 23.2 Å². The standard InChI is InChI=1S/C11H8Cl2N2O/c12-11(13,9-4-2-1-3-5-9)16-10-6-7-14-8-15-10/h1-8H. The van der Waals surface area contributed by atoms with Gasteiger partial charge in [-0.05, 0) is 0 Å². The Morgan fingerprint density at radius 1 is 1.06 bits per heavy atom. The molecular weight excluding hydrogens is 247 g/mol. The summed E-state index contributed by atoms with van der Waals surface area (Å²) in [5.74, 6) is 0.323. The van der Waals surface area contributed by atoms with Gasteiger partial charge in [0.25, 0.3) is 4.52 Å². The quantitative estimate of drug-likeness (QED) is 0.790. The van der Waals surface area contributed by atoms with Crippen LogP contribution in [0, 0.1) is 0 Å². The highest BCUT2D eigenvalue weighted by Gasteiger charge is 2.29. The third-order valence-electron chi connectivity index (χ3n) is 1.90. The largest absolute Gasteiger partial charge is 0.437 e. The van der Waals surface area contributed by atoms with E-state index in [1.54, 1.807) is 24.4 Å². The minimum absolute atomic E-state index is 0.323. The van der Waals surface area contributed by atoms with Crippen LogP contribution in [0.1, 0.15) is 5.56 Å². The molecule has 0 aliphatic rings. The smallest absolute Gasteiger partial charge is 0.286 e. The number of alkyl halides is 2. The average Bonchev–Trinajstić information content (AvgIpc) is 2.31. The van der Waals surface area contributed by atoms with Gasteiger partial charge in [0, 0.05) is 17.8 Å². The lowest BCUT2D eigenvalue weighted by Crippen LogP contribution is -2.19. The number of nitrogens with zero attached hydrogens (tertiary/aromatic N) is 2. The lowest BCUT2D eigenvalue weighted by atomic mass is 10.2. The summed E-state index contributed by atoms with van der Waals surface area (Å²) in [6.45, 7) is 0. The summed E-state index contributed by atoms with van der Waals surface area (Å²) < 4.78 is 3.92. The maximum absolute atomic E-state index is 6.08. The number of halogens is 2. The molecule has 0 unspecified atom stereocenters. The van der Waals surface area contributed by atoms with Gasteiger partial charge in [0.15, 0.2) is 0 Å². The van der Waals surface area contributed by atoms with E-state index in [4.69, 9.17) is 27.9 Å². The lowest BCUT2D eigenvalue weighted by molar-refractivity contribution is 0.235. The van der Waals surface area contributed by atoms with Crippen molar-refractivity contribution < 1.29 is 4.74 Å². The highest BCUT2D eigenvalue weighted by molar-refractivity contribution is 6.47. The molecule has 0 atom stereocenters. The number of ether oxygens (including phenoxy) is 1. The Kier molecular flexibility index (Phi) is 3.27. The minimum Gasteiger partial charge on any atom is -0.437 e. The molecule has 2 rings (SSSR count). The molecule has 0 spiro atoms. The molecule has 16 heavy (non-hydrogen) atoms. The fraction of sp³-hybridized carbons (Fsp3) is 0.0909. The van der Waals surface area contributed by atoms with Gasteiger partial charge >= 0.3 is 0 Å². The molecule has 0 aliphatic carbocycles. The summed E-state index contributed by atoms with van der Waals surface area (Å²) in [6, 6.07) is 10.7. The molecule has 0 N–H and O–H groups in total. The first-order chi connectivity index (χ1) is 7.68. The van der Waals surface area contributed by atoms with Crippen LogP contribution in [0.4, 0.5) is 0 Å². The fourth-order valence-corrected chi connectivity index (χ4v) is 1.57. The zero-order valence-electron chi connectivity index (χ0n) is 8.18. The van der Waals surface area contributed by atoms with Gasteiger partial charge < -0.3 is 4.74 Å². The van der Waals surface area contributed by atoms with Gasteiger partial charge in [0.05, 0.1) is 0 Å². The van der Waals surface area contributed by atoms with Crippen molar-refractivity contribution in [3.05, 3.63) is 54.5 Å². The minimum atomic E-state index is -1.45. The van der Waals surface area contributed by atoms with E-state index in [2.05, 4.69) is 9.97 Å². The van der Waals surface area contributed by atoms with Crippen LogP contribution in [0.5, 0.6) is 5.88 Å². The molecule has 0 saturated carbocycles. The molecular formula is C11H8Cl2N2O. The lowest BCUT2D eigenvalue weighted by Gasteiger charge is -2.20. The number of hydrogen-bond donors (Lipinski definition) is 0. The van der Waals surface area contributed by atoms with Gasteiger partial charge in [-0.3, -0.25) is 0 Å². The molecule has 1 aromatic heterocycles. The van der Waals surface area contributed by atoms with Crippen molar-refractivity contribution in [2.45, 2.75) is 4.52 Å². The molecule has 0 aliphatic heterocycles. The van der Waals surface area contributed by atoms with Crippen molar-refractivity contribution in [3.63, 3.8) is 0 Å². The highest BCUT2D eigenvalue weighted by Crippen LogP contribution is 2.35. The zero-order valence-corrected chi connectivity index (χ0v) is 9.69. The van der Waals surface area contributed by atoms with Gasteiger partial charge in [-0.2, -0.15) is 0 Å². The van der Waals surface area contributed by atoms with E-state index >= 15 is 0 Å². The van der Waals surface area contributed by atoms with E-state index in [0.717, 1.165) is 0 Å². The summed E-state index contributed by atoms with van der Waals surface area (Å²) in [7, 11) is 0. The maximum atomic E-state index is 6.08. The van der Waals surface area contributed by atoms with Crippen molar-refractivity contribution in [3.8, 4) is 5.88 Å². The molecule has 0 saturated heterocycles. The number of aromatic nitrogens is 2. The first-order valence-electron chi connectivity index (χ1n) is 4.57. The highest BCUT2D eigenvalue weighted by atomic mass is 35.5. The molecule has 0 bridgehead atoms. The second-order valence-corrected chi connectivity index (χ2v) is 4.29. The molecule has 3 nitrogen and oxygen atoms in total. The fourth-order valence-electron chi connectivity index (χ4n) is 1.16. The molecule has 82 valence electrons. The first kappa shape index (κ1) is 11.2. The van der Waals surface area contributed by atoms with Crippen LogP contribution in [0.25, 0.3) is 0 Å². The summed E-state index contributed by atoms with van der Waals surface area (Å²) in [6.07, 6.45) is 2.92. The van der Waals surface area contributed by atoms with Crippen LogP contribution in [-0.4, -0.2) is 9.97 Å². The second kappa shape index (κ2) is 4.68. The van der Waals surface area contributed by atoms with Gasteiger partial charge in [-0.1, -0.05) is 53.5 Å². The summed E-state index contributed by atoms with van der Waals surface area (Å²) in [5.41, 5.74) is 0.650. The molecule has 5 heteroatoms. The van der Waals surface area contributed by atoms with Gasteiger partial charge in [0.2, 0.25) is 5.88 Å². The van der Waals surface area contributed by atoms with E-state index in [1.807, 2.05) is 18.2 Å². The van der Waals surface area contributed by atoms with Gasteiger partial charge in [-0.15, -0.1) is 0 Å². The van der Waals surface area contributed by atoms with E-state index in [9.17, 15) is 0 Å². The topological polar surface area (TPSA) is 35.0 Å². The molecule has 0 radical (unpaired) electrons. The third-order valence-corrected chi connectivity index (χ3v) is 2.49. The number of hydrogen-bond acceptors (Lipinski definition) is 3. The molecule has 0 amide bonds. The molecule has 1 aromatic carbocycles. The van der Waals surface area contributed by atoms with E-state index < -0.39 is 4.52 Å². The Balaban J connectivity index is 2.21. The second-order valence-electron chi connectivity index (χ2n) is 3.03.